The number of benzene rings is 2. The quantitative estimate of drug-likeness (QED) is 0.501. The van der Waals surface area contributed by atoms with Crippen LogP contribution in [0.25, 0.3) is 0 Å². The molecule has 2 aliphatic rings. The van der Waals surface area contributed by atoms with E-state index in [1.807, 2.05) is 25.2 Å². The minimum atomic E-state index is -0.317. The summed E-state index contributed by atoms with van der Waals surface area (Å²) in [7, 11) is 1.83. The number of carbonyl (C=O) groups excluding carboxylic acids is 2. The molecule has 0 radical (unpaired) electrons. The Kier molecular flexibility index (Phi) is 6.66. The Morgan fingerprint density at radius 3 is 2.58 bits per heavy atom. The number of amides is 1. The van der Waals surface area contributed by atoms with Crippen LogP contribution in [-0.4, -0.2) is 61.3 Å². The standard InChI is InChI=1S/C25H29FN2O3/c1-27-13-9-18-5-8-22(17-23(18)25(27)30)31-16-2-12-28-14-10-20(11-15-28)24(29)19-3-6-21(26)7-4-19/h3-8,17,20H,2,9-16H2,1H3. The van der Waals surface area contributed by atoms with Gasteiger partial charge in [-0.25, -0.2) is 4.39 Å². The molecular weight excluding hydrogens is 395 g/mol. The van der Waals surface area contributed by atoms with Gasteiger partial charge < -0.3 is 14.5 Å². The zero-order valence-electron chi connectivity index (χ0n) is 18.0. The van der Waals surface area contributed by atoms with Gasteiger partial charge in [0.05, 0.1) is 6.61 Å². The lowest BCUT2D eigenvalue weighted by Crippen LogP contribution is -2.37. The zero-order valence-corrected chi connectivity index (χ0v) is 18.0. The molecule has 0 saturated carbocycles. The van der Waals surface area contributed by atoms with Crippen molar-refractivity contribution in [2.45, 2.75) is 25.7 Å². The smallest absolute Gasteiger partial charge is 0.254 e. The van der Waals surface area contributed by atoms with Gasteiger partial charge in [0, 0.05) is 37.2 Å². The lowest BCUT2D eigenvalue weighted by atomic mass is 9.89. The van der Waals surface area contributed by atoms with Crippen molar-refractivity contribution in [3.63, 3.8) is 0 Å². The minimum absolute atomic E-state index is 0.0177. The van der Waals surface area contributed by atoms with Crippen LogP contribution in [0.4, 0.5) is 4.39 Å². The number of likely N-dealkylation sites (N-methyl/N-ethyl adjacent to an activating group) is 1. The van der Waals surface area contributed by atoms with Crippen molar-refractivity contribution in [3.8, 4) is 5.75 Å². The Balaban J connectivity index is 1.19. The summed E-state index contributed by atoms with van der Waals surface area (Å²) < 4.78 is 19.0. The van der Waals surface area contributed by atoms with Crippen molar-refractivity contribution in [1.82, 2.24) is 9.80 Å². The second-order valence-electron chi connectivity index (χ2n) is 8.48. The first kappa shape index (κ1) is 21.5. The maximum Gasteiger partial charge on any atom is 0.254 e. The highest BCUT2D eigenvalue weighted by molar-refractivity contribution is 5.98. The van der Waals surface area contributed by atoms with Crippen LogP contribution in [0.5, 0.6) is 5.75 Å². The lowest BCUT2D eigenvalue weighted by molar-refractivity contribution is 0.0779. The number of ketones is 1. The molecule has 0 aromatic heterocycles. The molecule has 2 aromatic carbocycles. The topological polar surface area (TPSA) is 49.9 Å². The number of nitrogens with zero attached hydrogens (tertiary/aromatic N) is 2. The number of Topliss-reactive ketones (excluding diaryl/α,β-unsaturated/α-hetero) is 1. The third-order valence-corrected chi connectivity index (χ3v) is 6.35. The fourth-order valence-electron chi connectivity index (χ4n) is 4.40. The van der Waals surface area contributed by atoms with Crippen LogP contribution in [0.15, 0.2) is 42.5 Å². The number of halogens is 1. The van der Waals surface area contributed by atoms with Crippen molar-refractivity contribution in [1.29, 1.82) is 0 Å². The molecule has 6 heteroatoms. The van der Waals surface area contributed by atoms with Crippen LogP contribution in [-0.2, 0) is 6.42 Å². The highest BCUT2D eigenvalue weighted by Crippen LogP contribution is 2.24. The number of rotatable bonds is 7. The fraction of sp³-hybridized carbons (Fsp3) is 0.440. The summed E-state index contributed by atoms with van der Waals surface area (Å²) in [6.07, 6.45) is 3.44. The van der Waals surface area contributed by atoms with E-state index in [0.717, 1.165) is 68.7 Å². The second kappa shape index (κ2) is 9.60. The van der Waals surface area contributed by atoms with Crippen LogP contribution in [0, 0.1) is 11.7 Å². The predicted octanol–water partition coefficient (Wildman–Crippen LogP) is 3.82. The molecule has 2 heterocycles. The largest absolute Gasteiger partial charge is 0.494 e. The van der Waals surface area contributed by atoms with E-state index < -0.39 is 0 Å². The second-order valence-corrected chi connectivity index (χ2v) is 8.48. The number of carbonyl (C=O) groups is 2. The van der Waals surface area contributed by atoms with E-state index in [9.17, 15) is 14.0 Å². The van der Waals surface area contributed by atoms with Gasteiger partial charge in [-0.1, -0.05) is 6.07 Å². The number of hydrogen-bond donors (Lipinski definition) is 0. The van der Waals surface area contributed by atoms with Gasteiger partial charge in [-0.3, -0.25) is 9.59 Å². The van der Waals surface area contributed by atoms with Crippen LogP contribution < -0.4 is 4.74 Å². The van der Waals surface area contributed by atoms with Gasteiger partial charge in [-0.05, 0) is 80.7 Å². The minimum Gasteiger partial charge on any atom is -0.494 e. The van der Waals surface area contributed by atoms with Gasteiger partial charge >= 0.3 is 0 Å². The van der Waals surface area contributed by atoms with Gasteiger partial charge in [0.2, 0.25) is 0 Å². The fourth-order valence-corrected chi connectivity index (χ4v) is 4.40. The molecular formula is C25H29FN2O3. The molecule has 1 fully saturated rings. The van der Waals surface area contributed by atoms with E-state index in [-0.39, 0.29) is 23.4 Å². The molecule has 0 spiro atoms. The van der Waals surface area contributed by atoms with Crippen LogP contribution in [0.3, 0.4) is 0 Å². The number of piperidine rings is 1. The highest BCUT2D eigenvalue weighted by atomic mass is 19.1. The molecule has 0 unspecified atom stereocenters. The average molecular weight is 425 g/mol. The summed E-state index contributed by atoms with van der Waals surface area (Å²) in [5, 5.41) is 0. The summed E-state index contributed by atoms with van der Waals surface area (Å²) in [6.45, 7) is 4.05. The number of fused-ring (bicyclic) bond motifs is 1. The highest BCUT2D eigenvalue weighted by Gasteiger charge is 2.26. The van der Waals surface area contributed by atoms with E-state index in [2.05, 4.69) is 4.90 Å². The number of hydrogen-bond acceptors (Lipinski definition) is 4. The average Bonchev–Trinajstić information content (AvgIpc) is 2.80. The van der Waals surface area contributed by atoms with Gasteiger partial charge in [-0.2, -0.15) is 0 Å². The summed E-state index contributed by atoms with van der Waals surface area (Å²) in [4.78, 5) is 29.0. The van der Waals surface area contributed by atoms with Crippen LogP contribution >= 0.6 is 0 Å². The molecule has 164 valence electrons. The Labute approximate surface area is 182 Å². The number of likely N-dealkylation sites (tertiary alicyclic amines) is 1. The Morgan fingerprint density at radius 1 is 1.10 bits per heavy atom. The first-order chi connectivity index (χ1) is 15.0. The first-order valence-corrected chi connectivity index (χ1v) is 11.0. The van der Waals surface area contributed by atoms with E-state index in [0.29, 0.717) is 12.2 Å². The van der Waals surface area contributed by atoms with Gasteiger partial charge in [0.25, 0.3) is 5.91 Å². The normalized spacial score (nSPS) is 17.5. The molecule has 1 saturated heterocycles. The molecule has 0 N–H and O–H groups in total. The van der Waals surface area contributed by atoms with Crippen molar-refractivity contribution in [2.75, 3.05) is 39.8 Å². The molecule has 5 nitrogen and oxygen atoms in total. The van der Waals surface area contributed by atoms with Crippen LogP contribution in [0.1, 0.15) is 45.5 Å². The van der Waals surface area contributed by atoms with E-state index in [1.165, 1.54) is 12.1 Å². The summed E-state index contributed by atoms with van der Waals surface area (Å²) >= 11 is 0. The summed E-state index contributed by atoms with van der Waals surface area (Å²) in [5.74, 6) is 0.623. The molecule has 4 rings (SSSR count). The SMILES string of the molecule is CN1CCc2ccc(OCCCN3CCC(C(=O)c4ccc(F)cc4)CC3)cc2C1=O. The molecule has 1 amide bonds. The van der Waals surface area contributed by atoms with Crippen LogP contribution in [0.2, 0.25) is 0 Å². The van der Waals surface area contributed by atoms with Gasteiger partial charge in [-0.15, -0.1) is 0 Å². The third-order valence-electron chi connectivity index (χ3n) is 6.35. The molecule has 31 heavy (non-hydrogen) atoms. The van der Waals surface area contributed by atoms with Crippen molar-refractivity contribution < 1.29 is 18.7 Å². The van der Waals surface area contributed by atoms with E-state index in [4.69, 9.17) is 4.74 Å². The molecule has 0 atom stereocenters. The summed E-state index contributed by atoms with van der Waals surface area (Å²) in [5.41, 5.74) is 2.44. The summed E-state index contributed by atoms with van der Waals surface area (Å²) in [6, 6.07) is 11.7. The predicted molar refractivity (Wildman–Crippen MR) is 117 cm³/mol. The molecule has 0 aliphatic carbocycles. The first-order valence-electron chi connectivity index (χ1n) is 11.0. The van der Waals surface area contributed by atoms with Crippen molar-refractivity contribution >= 4 is 11.7 Å². The zero-order chi connectivity index (χ0) is 21.8. The Bertz CT molecular complexity index is 936. The van der Waals surface area contributed by atoms with Gasteiger partial charge in [0.15, 0.2) is 5.78 Å². The number of ether oxygens (including phenoxy) is 1. The third kappa shape index (κ3) is 5.13. The van der Waals surface area contributed by atoms with Crippen molar-refractivity contribution in [2.24, 2.45) is 5.92 Å². The maximum atomic E-state index is 13.1. The molecule has 2 aromatic rings. The lowest BCUT2D eigenvalue weighted by Gasteiger charge is -2.31. The van der Waals surface area contributed by atoms with E-state index >= 15 is 0 Å². The Morgan fingerprint density at radius 2 is 1.84 bits per heavy atom. The molecule has 2 aliphatic heterocycles. The van der Waals surface area contributed by atoms with Crippen molar-refractivity contribution in [3.05, 3.63) is 65.0 Å². The Hall–Kier alpha value is -2.73. The monoisotopic (exact) mass is 424 g/mol. The molecule has 0 bridgehead atoms. The maximum absolute atomic E-state index is 13.1. The van der Waals surface area contributed by atoms with Gasteiger partial charge in [0.1, 0.15) is 11.6 Å². The van der Waals surface area contributed by atoms with E-state index in [1.54, 1.807) is 17.0 Å².